The van der Waals surface area contributed by atoms with Crippen LogP contribution in [-0.4, -0.2) is 51.7 Å². The molecule has 33 heavy (non-hydrogen) atoms. The van der Waals surface area contributed by atoms with Crippen LogP contribution < -0.4 is 0 Å². The van der Waals surface area contributed by atoms with Gasteiger partial charge in [-0.25, -0.2) is 9.18 Å². The lowest BCUT2D eigenvalue weighted by molar-refractivity contribution is -0.216. The Bertz CT molecular complexity index is 1060. The zero-order chi connectivity index (χ0) is 24.0. The van der Waals surface area contributed by atoms with Gasteiger partial charge in [0.05, 0.1) is 12.7 Å². The lowest BCUT2D eigenvalue weighted by Crippen LogP contribution is -2.68. The predicted molar refractivity (Wildman–Crippen MR) is 113 cm³/mol. The molecule has 7 nitrogen and oxygen atoms in total. The van der Waals surface area contributed by atoms with Gasteiger partial charge in [0.25, 0.3) is 5.76 Å². The van der Waals surface area contributed by atoms with Gasteiger partial charge in [-0.1, -0.05) is 18.6 Å². The molecule has 0 bridgehead atoms. The Balaban J connectivity index is 1.55. The van der Waals surface area contributed by atoms with E-state index in [-0.39, 0.29) is 31.1 Å². The van der Waals surface area contributed by atoms with E-state index in [0.29, 0.717) is 24.8 Å². The molecule has 0 amide bonds. The number of aliphatic hydroxyl groups excluding tert-OH is 2. The summed E-state index contributed by atoms with van der Waals surface area (Å²) in [5.74, 6) is -4.00. The Labute approximate surface area is 191 Å². The number of esters is 1. The molecule has 2 N–H and O–H groups in total. The standard InChI is InChI=1S/C25H29FO7/c1-4-32-21(31)19-18(29)20(30)24(33-19)10-8-15-16-6-5-13-11-14(27)7-9-22(13,2)25(16,26)17(28)12-23(15,24)3/h7,9,11,15-17,28-29H,4-6,8,10,12H2,1-3H3/t15-,16-,17?,22-,23-,24-,25-/m0/s1. The minimum Gasteiger partial charge on any atom is -0.501 e. The second-order valence-corrected chi connectivity index (χ2v) is 10.5. The highest BCUT2D eigenvalue weighted by molar-refractivity contribution is 6.09. The van der Waals surface area contributed by atoms with Crippen molar-refractivity contribution in [1.29, 1.82) is 0 Å². The summed E-state index contributed by atoms with van der Waals surface area (Å²) < 4.78 is 28.0. The lowest BCUT2D eigenvalue weighted by Gasteiger charge is -2.62. The molecule has 1 spiro atoms. The summed E-state index contributed by atoms with van der Waals surface area (Å²) in [6, 6.07) is 0. The van der Waals surface area contributed by atoms with Crippen molar-refractivity contribution in [2.45, 2.75) is 70.2 Å². The molecule has 0 radical (unpaired) electrons. The van der Waals surface area contributed by atoms with Gasteiger partial charge >= 0.3 is 5.97 Å². The topological polar surface area (TPSA) is 110 Å². The average Bonchev–Trinajstić information content (AvgIpc) is 3.19. The Hall–Kier alpha value is -2.48. The molecule has 5 aliphatic rings. The third-order valence-corrected chi connectivity index (χ3v) is 9.30. The van der Waals surface area contributed by atoms with Crippen LogP contribution >= 0.6 is 0 Å². The second kappa shape index (κ2) is 6.78. The maximum absolute atomic E-state index is 17.1. The van der Waals surface area contributed by atoms with Gasteiger partial charge < -0.3 is 19.7 Å². The molecule has 3 saturated carbocycles. The van der Waals surface area contributed by atoms with Crippen molar-refractivity contribution in [3.63, 3.8) is 0 Å². The third-order valence-electron chi connectivity index (χ3n) is 9.30. The van der Waals surface area contributed by atoms with Gasteiger partial charge in [0.1, 0.15) is 0 Å². The SMILES string of the molecule is CCOC(=O)C1=C(O)C(=O)[C@]2(CC[C@H]3[C@@H]4CCC5=CC(=O)C=C[C@]5(C)[C@@]4(F)C(O)C[C@@]32C)O1. The van der Waals surface area contributed by atoms with E-state index in [2.05, 4.69) is 0 Å². The number of fused-ring (bicyclic) bond motifs is 6. The fourth-order valence-corrected chi connectivity index (χ4v) is 7.64. The zero-order valence-electron chi connectivity index (χ0n) is 19.0. The minimum absolute atomic E-state index is 0.0513. The fourth-order valence-electron chi connectivity index (χ4n) is 7.64. The first-order valence-corrected chi connectivity index (χ1v) is 11.6. The Morgan fingerprint density at radius 3 is 2.70 bits per heavy atom. The van der Waals surface area contributed by atoms with Crippen LogP contribution in [0.5, 0.6) is 0 Å². The van der Waals surface area contributed by atoms with E-state index in [1.54, 1.807) is 26.8 Å². The second-order valence-electron chi connectivity index (χ2n) is 10.5. The number of rotatable bonds is 2. The van der Waals surface area contributed by atoms with Gasteiger partial charge in [-0.05, 0) is 64.0 Å². The molecular weight excluding hydrogens is 431 g/mol. The Morgan fingerprint density at radius 2 is 2.00 bits per heavy atom. The molecular formula is C25H29FO7. The van der Waals surface area contributed by atoms with Crippen molar-refractivity contribution in [2.75, 3.05) is 6.61 Å². The normalized spacial score (nSPS) is 46.0. The minimum atomic E-state index is -2.02. The number of allylic oxidation sites excluding steroid dienone is 4. The molecule has 1 unspecified atom stereocenters. The zero-order valence-corrected chi connectivity index (χ0v) is 19.0. The number of Topliss-reactive ketones (excluding diaryl/α,β-unsaturated/α-hetero) is 1. The largest absolute Gasteiger partial charge is 0.501 e. The van der Waals surface area contributed by atoms with Crippen molar-refractivity contribution in [3.8, 4) is 0 Å². The molecule has 0 aromatic rings. The summed E-state index contributed by atoms with van der Waals surface area (Å²) in [5.41, 5.74) is -5.02. The molecule has 0 saturated heterocycles. The first kappa shape index (κ1) is 22.3. The summed E-state index contributed by atoms with van der Waals surface area (Å²) in [4.78, 5) is 37.6. The number of carbonyl (C=O) groups is 3. The summed E-state index contributed by atoms with van der Waals surface area (Å²) in [6.45, 7) is 5.18. The number of halogens is 1. The van der Waals surface area contributed by atoms with Crippen LogP contribution in [0.1, 0.15) is 52.9 Å². The van der Waals surface area contributed by atoms with Gasteiger partial charge in [0, 0.05) is 16.7 Å². The van der Waals surface area contributed by atoms with E-state index < -0.39 is 57.4 Å². The molecule has 1 aliphatic heterocycles. The van der Waals surface area contributed by atoms with E-state index in [1.165, 1.54) is 12.2 Å². The van der Waals surface area contributed by atoms with E-state index >= 15 is 4.39 Å². The van der Waals surface area contributed by atoms with Crippen molar-refractivity contribution in [3.05, 3.63) is 35.3 Å². The highest BCUT2D eigenvalue weighted by Crippen LogP contribution is 2.71. The highest BCUT2D eigenvalue weighted by atomic mass is 19.1. The van der Waals surface area contributed by atoms with Crippen LogP contribution in [0.25, 0.3) is 0 Å². The summed E-state index contributed by atoms with van der Waals surface area (Å²) >= 11 is 0. The van der Waals surface area contributed by atoms with E-state index in [1.807, 2.05) is 0 Å². The first-order valence-electron chi connectivity index (χ1n) is 11.6. The Morgan fingerprint density at radius 1 is 1.27 bits per heavy atom. The fraction of sp³-hybridized carbons (Fsp3) is 0.640. The smallest absolute Gasteiger partial charge is 0.377 e. The number of ether oxygens (including phenoxy) is 2. The van der Waals surface area contributed by atoms with Gasteiger partial charge in [-0.15, -0.1) is 0 Å². The summed E-state index contributed by atoms with van der Waals surface area (Å²) in [6.07, 6.45) is 4.50. The van der Waals surface area contributed by atoms with Crippen molar-refractivity contribution in [2.24, 2.45) is 22.7 Å². The monoisotopic (exact) mass is 460 g/mol. The van der Waals surface area contributed by atoms with Crippen LogP contribution in [0.4, 0.5) is 4.39 Å². The highest BCUT2D eigenvalue weighted by Gasteiger charge is 2.77. The van der Waals surface area contributed by atoms with Crippen molar-refractivity contribution >= 4 is 17.5 Å². The molecule has 8 heteroatoms. The van der Waals surface area contributed by atoms with Crippen LogP contribution in [0, 0.1) is 22.7 Å². The number of hydrogen-bond donors (Lipinski definition) is 2. The molecule has 4 aliphatic carbocycles. The van der Waals surface area contributed by atoms with Crippen LogP contribution in [-0.2, 0) is 23.9 Å². The number of hydrogen-bond acceptors (Lipinski definition) is 7. The number of alkyl halides is 1. The van der Waals surface area contributed by atoms with Crippen LogP contribution in [0.3, 0.4) is 0 Å². The van der Waals surface area contributed by atoms with Crippen LogP contribution in [0.2, 0.25) is 0 Å². The average molecular weight is 460 g/mol. The van der Waals surface area contributed by atoms with Crippen LogP contribution in [0.15, 0.2) is 35.3 Å². The lowest BCUT2D eigenvalue weighted by atomic mass is 9.44. The molecule has 1 heterocycles. The predicted octanol–water partition coefficient (Wildman–Crippen LogP) is 3.03. The van der Waals surface area contributed by atoms with Gasteiger partial charge in [-0.2, -0.15) is 0 Å². The first-order chi connectivity index (χ1) is 15.5. The van der Waals surface area contributed by atoms with Gasteiger partial charge in [0.2, 0.25) is 11.5 Å². The van der Waals surface area contributed by atoms with E-state index in [9.17, 15) is 24.6 Å². The maximum Gasteiger partial charge on any atom is 0.377 e. The molecule has 7 atom stereocenters. The van der Waals surface area contributed by atoms with E-state index in [4.69, 9.17) is 9.47 Å². The number of carbonyl (C=O) groups excluding carboxylic acids is 3. The molecule has 3 fully saturated rings. The van der Waals surface area contributed by atoms with Crippen molar-refractivity contribution in [1.82, 2.24) is 0 Å². The maximum atomic E-state index is 17.1. The Kier molecular flexibility index (Phi) is 4.58. The number of ketones is 2. The van der Waals surface area contributed by atoms with E-state index in [0.717, 1.165) is 0 Å². The molecule has 0 aromatic carbocycles. The van der Waals surface area contributed by atoms with Gasteiger partial charge in [0.15, 0.2) is 17.1 Å². The summed E-state index contributed by atoms with van der Waals surface area (Å²) in [5, 5.41) is 21.8. The summed E-state index contributed by atoms with van der Waals surface area (Å²) in [7, 11) is 0. The molecule has 5 rings (SSSR count). The van der Waals surface area contributed by atoms with Gasteiger partial charge in [-0.3, -0.25) is 9.59 Å². The van der Waals surface area contributed by atoms with Crippen molar-refractivity contribution < 1.29 is 38.5 Å². The molecule has 178 valence electrons. The molecule has 0 aromatic heterocycles. The number of aliphatic hydroxyl groups is 2. The third kappa shape index (κ3) is 2.45. The quantitative estimate of drug-likeness (QED) is 0.610.